The van der Waals surface area contributed by atoms with Crippen LogP contribution in [-0.2, 0) is 16.6 Å². The third kappa shape index (κ3) is 5.11. The first-order valence-electron chi connectivity index (χ1n) is 11.9. The van der Waals surface area contributed by atoms with Gasteiger partial charge in [0.05, 0.1) is 34.5 Å². The van der Waals surface area contributed by atoms with Crippen molar-refractivity contribution in [3.05, 3.63) is 71.1 Å². The topological polar surface area (TPSA) is 92.9 Å². The van der Waals surface area contributed by atoms with Gasteiger partial charge in [-0.2, -0.15) is 4.31 Å². The van der Waals surface area contributed by atoms with Crippen LogP contribution in [0, 0.1) is 5.92 Å². The molecule has 4 aromatic rings. The number of rotatable bonds is 7. The molecule has 1 aliphatic rings. The number of carbonyl (C=O) groups excluding carboxylic acids is 1. The molecule has 1 aliphatic heterocycles. The maximum Gasteiger partial charge on any atom is 0.260 e. The van der Waals surface area contributed by atoms with Crippen LogP contribution in [0.1, 0.15) is 35.9 Å². The van der Waals surface area contributed by atoms with Crippen LogP contribution in [0.2, 0.25) is 5.02 Å². The summed E-state index contributed by atoms with van der Waals surface area (Å²) < 4.78 is 39.5. The molecule has 3 heterocycles. The number of nitrogens with zero attached hydrogens (tertiary/aromatic N) is 3. The molecule has 2 aromatic carbocycles. The van der Waals surface area contributed by atoms with Crippen LogP contribution in [0.5, 0.6) is 5.75 Å². The molecule has 1 atom stereocenters. The zero-order valence-electron chi connectivity index (χ0n) is 20.4. The molecule has 8 nitrogen and oxygen atoms in total. The Morgan fingerprint density at radius 3 is 2.70 bits per heavy atom. The molecule has 194 valence electrons. The molecular weight excluding hydrogens is 534 g/mol. The van der Waals surface area contributed by atoms with Crippen LogP contribution in [0.4, 0.5) is 5.13 Å². The normalized spacial score (nSPS) is 16.7. The average Bonchev–Trinajstić information content (AvgIpc) is 3.58. The predicted molar refractivity (Wildman–Crippen MR) is 144 cm³/mol. The van der Waals surface area contributed by atoms with E-state index in [1.165, 1.54) is 38.9 Å². The maximum absolute atomic E-state index is 13.7. The van der Waals surface area contributed by atoms with Crippen LogP contribution >= 0.6 is 22.9 Å². The van der Waals surface area contributed by atoms with E-state index >= 15 is 0 Å². The Morgan fingerprint density at radius 1 is 1.24 bits per heavy atom. The third-order valence-corrected chi connectivity index (χ3v) is 9.81. The number of thiazole rings is 1. The second kappa shape index (κ2) is 10.4. The first kappa shape index (κ1) is 25.7. The molecule has 0 bridgehead atoms. The van der Waals surface area contributed by atoms with Gasteiger partial charge in [0, 0.05) is 18.7 Å². The van der Waals surface area contributed by atoms with E-state index in [9.17, 15) is 13.2 Å². The minimum atomic E-state index is -3.63. The van der Waals surface area contributed by atoms with Crippen LogP contribution in [0.15, 0.2) is 64.1 Å². The molecule has 1 saturated heterocycles. The number of carbonyl (C=O) groups is 1. The average molecular weight is 560 g/mol. The van der Waals surface area contributed by atoms with Gasteiger partial charge in [0.25, 0.3) is 5.91 Å². The molecule has 37 heavy (non-hydrogen) atoms. The van der Waals surface area contributed by atoms with E-state index in [0.717, 1.165) is 12.8 Å². The SMILES string of the molecule is COc1ccc(Cl)c2sc(N(Cc3ccco3)C(=O)c3ccc(S(=O)(=O)N4CCCC(C)C4)cc3)nc12. The molecule has 5 rings (SSSR count). The second-order valence-electron chi connectivity index (χ2n) is 9.03. The largest absolute Gasteiger partial charge is 0.494 e. The fourth-order valence-corrected chi connectivity index (χ4v) is 7.30. The second-order valence-corrected chi connectivity index (χ2v) is 12.4. The highest BCUT2D eigenvalue weighted by atomic mass is 35.5. The summed E-state index contributed by atoms with van der Waals surface area (Å²) in [6, 6.07) is 13.0. The molecule has 0 saturated carbocycles. The molecule has 1 fully saturated rings. The summed E-state index contributed by atoms with van der Waals surface area (Å²) in [5.74, 6) is 1.10. The number of sulfonamides is 1. The van der Waals surface area contributed by atoms with Crippen molar-refractivity contribution in [2.75, 3.05) is 25.1 Å². The van der Waals surface area contributed by atoms with Crippen molar-refractivity contribution < 1.29 is 22.4 Å². The van der Waals surface area contributed by atoms with Gasteiger partial charge in [-0.1, -0.05) is 29.9 Å². The highest BCUT2D eigenvalue weighted by molar-refractivity contribution is 7.89. The lowest BCUT2D eigenvalue weighted by molar-refractivity contribution is 0.0983. The van der Waals surface area contributed by atoms with Crippen molar-refractivity contribution in [2.45, 2.75) is 31.2 Å². The van der Waals surface area contributed by atoms with Gasteiger partial charge in [0.2, 0.25) is 10.0 Å². The van der Waals surface area contributed by atoms with Crippen molar-refractivity contribution in [1.29, 1.82) is 0 Å². The van der Waals surface area contributed by atoms with Gasteiger partial charge < -0.3 is 9.15 Å². The van der Waals surface area contributed by atoms with Gasteiger partial charge in [-0.25, -0.2) is 13.4 Å². The molecule has 0 aliphatic carbocycles. The van der Waals surface area contributed by atoms with Crippen LogP contribution < -0.4 is 9.64 Å². The molecule has 0 N–H and O–H groups in total. The Hall–Kier alpha value is -2.92. The van der Waals surface area contributed by atoms with Crippen molar-refractivity contribution in [3.63, 3.8) is 0 Å². The summed E-state index contributed by atoms with van der Waals surface area (Å²) in [5, 5.41) is 0.924. The number of ether oxygens (including phenoxy) is 1. The molecule has 2 aromatic heterocycles. The Bertz CT molecular complexity index is 1520. The van der Waals surface area contributed by atoms with Gasteiger partial charge in [-0.3, -0.25) is 9.69 Å². The van der Waals surface area contributed by atoms with Crippen LogP contribution in [-0.4, -0.2) is 43.8 Å². The zero-order valence-corrected chi connectivity index (χ0v) is 22.8. The summed E-state index contributed by atoms with van der Waals surface area (Å²) in [6.07, 6.45) is 3.40. The van der Waals surface area contributed by atoms with E-state index in [1.807, 2.05) is 0 Å². The van der Waals surface area contributed by atoms with Crippen molar-refractivity contribution in [1.82, 2.24) is 9.29 Å². The van der Waals surface area contributed by atoms with E-state index in [1.54, 1.807) is 43.5 Å². The summed E-state index contributed by atoms with van der Waals surface area (Å²) in [5.41, 5.74) is 0.888. The zero-order chi connectivity index (χ0) is 26.2. The number of aromatic nitrogens is 1. The van der Waals surface area contributed by atoms with Gasteiger partial charge in [-0.05, 0) is 67.3 Å². The Morgan fingerprint density at radius 2 is 2.03 bits per heavy atom. The fraction of sp³-hybridized carbons (Fsp3) is 0.308. The molecule has 0 radical (unpaired) electrons. The molecule has 11 heteroatoms. The number of fused-ring (bicyclic) bond motifs is 1. The molecule has 0 spiro atoms. The highest BCUT2D eigenvalue weighted by Gasteiger charge is 2.29. The van der Waals surface area contributed by atoms with E-state index in [-0.39, 0.29) is 17.3 Å². The van der Waals surface area contributed by atoms with Crippen molar-refractivity contribution in [2.24, 2.45) is 5.92 Å². The Labute approximate surface area is 224 Å². The predicted octanol–water partition coefficient (Wildman–Crippen LogP) is 5.82. The first-order chi connectivity index (χ1) is 17.8. The lowest BCUT2D eigenvalue weighted by Crippen LogP contribution is -2.39. The van der Waals surface area contributed by atoms with Gasteiger partial charge in [0.15, 0.2) is 5.13 Å². The number of benzene rings is 2. The molecule has 1 unspecified atom stereocenters. The van der Waals surface area contributed by atoms with Crippen LogP contribution in [0.3, 0.4) is 0 Å². The lowest BCUT2D eigenvalue weighted by Gasteiger charge is -2.30. The minimum absolute atomic E-state index is 0.136. The fourth-order valence-electron chi connectivity index (χ4n) is 4.45. The summed E-state index contributed by atoms with van der Waals surface area (Å²) >= 11 is 7.68. The monoisotopic (exact) mass is 559 g/mol. The Kier molecular flexibility index (Phi) is 7.26. The quantitative estimate of drug-likeness (QED) is 0.283. The number of halogens is 1. The number of amides is 1. The summed E-state index contributed by atoms with van der Waals surface area (Å²) in [6.45, 7) is 3.21. The summed E-state index contributed by atoms with van der Waals surface area (Å²) in [4.78, 5) is 20.1. The molecular formula is C26H26ClN3O5S2. The van der Waals surface area contributed by atoms with Gasteiger partial charge >= 0.3 is 0 Å². The number of piperidine rings is 1. The number of hydrogen-bond donors (Lipinski definition) is 0. The standard InChI is InChI=1S/C26H26ClN3O5S2/c1-17-5-3-13-29(15-17)37(32,33)20-9-7-18(8-10-20)25(31)30(16-19-6-4-14-35-19)26-28-23-22(34-2)12-11-21(27)24(23)36-26/h4,6-12,14,17H,3,5,13,15-16H2,1-2H3. The Balaban J connectivity index is 1.48. The minimum Gasteiger partial charge on any atom is -0.494 e. The highest BCUT2D eigenvalue weighted by Crippen LogP contribution is 2.39. The van der Waals surface area contributed by atoms with Crippen molar-refractivity contribution in [3.8, 4) is 5.75 Å². The van der Waals surface area contributed by atoms with E-state index in [2.05, 4.69) is 11.9 Å². The molecule has 1 amide bonds. The van der Waals surface area contributed by atoms with E-state index in [4.69, 9.17) is 20.8 Å². The van der Waals surface area contributed by atoms with E-state index < -0.39 is 10.0 Å². The van der Waals surface area contributed by atoms with E-state index in [0.29, 0.717) is 56.5 Å². The maximum atomic E-state index is 13.7. The lowest BCUT2D eigenvalue weighted by atomic mass is 10.0. The van der Waals surface area contributed by atoms with Crippen LogP contribution in [0.25, 0.3) is 10.2 Å². The number of anilines is 1. The number of furan rings is 1. The summed E-state index contributed by atoms with van der Waals surface area (Å²) in [7, 11) is -2.08. The number of methoxy groups -OCH3 is 1. The first-order valence-corrected chi connectivity index (χ1v) is 14.5. The smallest absolute Gasteiger partial charge is 0.260 e. The third-order valence-electron chi connectivity index (χ3n) is 6.40. The number of hydrogen-bond acceptors (Lipinski definition) is 7. The van der Waals surface area contributed by atoms with Gasteiger partial charge in [-0.15, -0.1) is 0 Å². The van der Waals surface area contributed by atoms with Crippen molar-refractivity contribution >= 4 is 54.2 Å². The van der Waals surface area contributed by atoms with Gasteiger partial charge in [0.1, 0.15) is 17.0 Å².